The van der Waals surface area contributed by atoms with Crippen LogP contribution in [0.2, 0.25) is 0 Å². The molecule has 1 heterocycles. The van der Waals surface area contributed by atoms with Gasteiger partial charge in [-0.2, -0.15) is 0 Å². The van der Waals surface area contributed by atoms with Gasteiger partial charge in [0.2, 0.25) is 6.79 Å². The van der Waals surface area contributed by atoms with Gasteiger partial charge in [-0.25, -0.2) is 0 Å². The molecule has 0 amide bonds. The third-order valence-electron chi connectivity index (χ3n) is 1.79. The van der Waals surface area contributed by atoms with Gasteiger partial charge in [0, 0.05) is 6.42 Å². The summed E-state index contributed by atoms with van der Waals surface area (Å²) in [5, 5.41) is -0.154. The maximum absolute atomic E-state index is 10.7. The fourth-order valence-electron chi connectivity index (χ4n) is 1.23. The van der Waals surface area contributed by atoms with Gasteiger partial charge in [-0.15, -0.1) is 12.6 Å². The fourth-order valence-corrected chi connectivity index (χ4v) is 1.41. The van der Waals surface area contributed by atoms with Crippen molar-refractivity contribution in [2.75, 3.05) is 6.79 Å². The van der Waals surface area contributed by atoms with Gasteiger partial charge >= 0.3 is 0 Å². The Morgan fingerprint density at radius 2 is 2.15 bits per heavy atom. The summed E-state index contributed by atoms with van der Waals surface area (Å²) in [4.78, 5) is 10.7. The minimum absolute atomic E-state index is 0.154. The average molecular weight is 196 g/mol. The van der Waals surface area contributed by atoms with Crippen LogP contribution in [-0.4, -0.2) is 11.9 Å². The molecule has 1 aromatic rings. The molecule has 0 fully saturated rings. The van der Waals surface area contributed by atoms with Crippen molar-refractivity contribution in [1.82, 2.24) is 0 Å². The molecule has 1 aliphatic rings. The third kappa shape index (κ3) is 1.78. The smallest absolute Gasteiger partial charge is 0.231 e. The van der Waals surface area contributed by atoms with E-state index in [9.17, 15) is 4.79 Å². The number of hydrogen-bond donors (Lipinski definition) is 1. The molecule has 0 saturated carbocycles. The van der Waals surface area contributed by atoms with E-state index < -0.39 is 0 Å². The maximum Gasteiger partial charge on any atom is 0.231 e. The lowest BCUT2D eigenvalue weighted by molar-refractivity contribution is -0.110. The van der Waals surface area contributed by atoms with Crippen molar-refractivity contribution in [2.45, 2.75) is 6.42 Å². The van der Waals surface area contributed by atoms with Gasteiger partial charge in [0.1, 0.15) is 0 Å². The van der Waals surface area contributed by atoms with Gasteiger partial charge < -0.3 is 9.47 Å². The first-order valence-corrected chi connectivity index (χ1v) is 4.31. The van der Waals surface area contributed by atoms with Gasteiger partial charge in [0.25, 0.3) is 0 Å². The highest BCUT2D eigenvalue weighted by atomic mass is 32.1. The van der Waals surface area contributed by atoms with Crippen LogP contribution in [0.5, 0.6) is 11.5 Å². The van der Waals surface area contributed by atoms with E-state index in [1.54, 1.807) is 12.1 Å². The summed E-state index contributed by atoms with van der Waals surface area (Å²) in [6.45, 7) is 0.258. The highest BCUT2D eigenvalue weighted by Crippen LogP contribution is 2.32. The monoisotopic (exact) mass is 196 g/mol. The van der Waals surface area contributed by atoms with Crippen LogP contribution in [-0.2, 0) is 11.2 Å². The van der Waals surface area contributed by atoms with Crippen molar-refractivity contribution in [3.05, 3.63) is 23.8 Å². The Hall–Kier alpha value is -1.16. The second-order valence-corrected chi connectivity index (χ2v) is 3.26. The molecule has 0 spiro atoms. The van der Waals surface area contributed by atoms with Gasteiger partial charge in [0.15, 0.2) is 16.6 Å². The first-order valence-electron chi connectivity index (χ1n) is 3.86. The Morgan fingerprint density at radius 3 is 2.92 bits per heavy atom. The highest BCUT2D eigenvalue weighted by Gasteiger charge is 2.13. The standard InChI is InChI=1S/C9H8O3S/c10-9(13)4-6-1-2-7-8(3-6)12-5-11-7/h1-3H,4-5H2,(H,10,13). The predicted octanol–water partition coefficient (Wildman–Crippen LogP) is 1.41. The molecule has 0 N–H and O–H groups in total. The molecular formula is C9H8O3S. The van der Waals surface area contributed by atoms with Crippen molar-refractivity contribution in [1.29, 1.82) is 0 Å². The Labute approximate surface area is 81.1 Å². The second-order valence-electron chi connectivity index (χ2n) is 2.76. The number of thiol groups is 1. The molecule has 0 atom stereocenters. The Kier molecular flexibility index (Phi) is 2.14. The van der Waals surface area contributed by atoms with Gasteiger partial charge in [-0.05, 0) is 17.7 Å². The molecule has 0 radical (unpaired) electrons. The van der Waals surface area contributed by atoms with E-state index in [1.165, 1.54) is 0 Å². The lowest BCUT2D eigenvalue weighted by Crippen LogP contribution is -1.93. The van der Waals surface area contributed by atoms with Crippen molar-refractivity contribution in [2.24, 2.45) is 0 Å². The molecule has 0 aromatic heterocycles. The molecule has 0 bridgehead atoms. The van der Waals surface area contributed by atoms with Crippen LogP contribution in [0.3, 0.4) is 0 Å². The zero-order chi connectivity index (χ0) is 9.26. The molecule has 0 saturated heterocycles. The van der Waals surface area contributed by atoms with E-state index in [2.05, 4.69) is 12.6 Å². The predicted molar refractivity (Wildman–Crippen MR) is 50.3 cm³/mol. The number of hydrogen-bond acceptors (Lipinski definition) is 3. The van der Waals surface area contributed by atoms with E-state index in [4.69, 9.17) is 9.47 Å². The van der Waals surface area contributed by atoms with Crippen molar-refractivity contribution in [3.8, 4) is 11.5 Å². The van der Waals surface area contributed by atoms with Crippen molar-refractivity contribution < 1.29 is 14.3 Å². The second kappa shape index (κ2) is 3.30. The minimum atomic E-state index is -0.154. The van der Waals surface area contributed by atoms with Crippen LogP contribution in [0.25, 0.3) is 0 Å². The Balaban J connectivity index is 2.25. The van der Waals surface area contributed by atoms with Gasteiger partial charge in [-0.3, -0.25) is 4.79 Å². The topological polar surface area (TPSA) is 35.5 Å². The molecular weight excluding hydrogens is 188 g/mol. The number of fused-ring (bicyclic) bond motifs is 1. The van der Waals surface area contributed by atoms with Crippen molar-refractivity contribution in [3.63, 3.8) is 0 Å². The van der Waals surface area contributed by atoms with E-state index >= 15 is 0 Å². The zero-order valence-electron chi connectivity index (χ0n) is 6.82. The number of benzene rings is 1. The normalized spacial score (nSPS) is 13.0. The van der Waals surface area contributed by atoms with Crippen LogP contribution in [0.1, 0.15) is 5.56 Å². The maximum atomic E-state index is 10.7. The number of carbonyl (C=O) groups excluding carboxylic acids is 1. The number of carbonyl (C=O) groups is 1. The van der Waals surface area contributed by atoms with Gasteiger partial charge in [0.05, 0.1) is 0 Å². The molecule has 1 aliphatic heterocycles. The van der Waals surface area contributed by atoms with Crippen LogP contribution in [0.15, 0.2) is 18.2 Å². The largest absolute Gasteiger partial charge is 0.454 e. The van der Waals surface area contributed by atoms with Crippen molar-refractivity contribution >= 4 is 17.7 Å². The molecule has 2 rings (SSSR count). The number of ether oxygens (including phenoxy) is 2. The molecule has 3 nitrogen and oxygen atoms in total. The molecule has 68 valence electrons. The average Bonchev–Trinajstić information content (AvgIpc) is 2.49. The molecule has 0 aliphatic carbocycles. The quantitative estimate of drug-likeness (QED) is 0.726. The van der Waals surface area contributed by atoms with E-state index in [1.807, 2.05) is 6.07 Å². The van der Waals surface area contributed by atoms with Crippen LogP contribution in [0.4, 0.5) is 0 Å². The summed E-state index contributed by atoms with van der Waals surface area (Å²) < 4.78 is 10.3. The lowest BCUT2D eigenvalue weighted by Gasteiger charge is -1.99. The van der Waals surface area contributed by atoms with Crippen LogP contribution >= 0.6 is 12.6 Å². The fraction of sp³-hybridized carbons (Fsp3) is 0.222. The first-order chi connectivity index (χ1) is 6.25. The van der Waals surface area contributed by atoms with Crippen LogP contribution < -0.4 is 9.47 Å². The van der Waals surface area contributed by atoms with E-state index in [0.717, 1.165) is 11.3 Å². The summed E-state index contributed by atoms with van der Waals surface area (Å²) in [5.74, 6) is 1.43. The summed E-state index contributed by atoms with van der Waals surface area (Å²) in [7, 11) is 0. The van der Waals surface area contributed by atoms with E-state index in [0.29, 0.717) is 12.2 Å². The summed E-state index contributed by atoms with van der Waals surface area (Å²) in [5.41, 5.74) is 0.893. The van der Waals surface area contributed by atoms with Crippen LogP contribution in [0, 0.1) is 0 Å². The SMILES string of the molecule is O=C(S)Cc1ccc2c(c1)OCO2. The lowest BCUT2D eigenvalue weighted by atomic mass is 10.1. The zero-order valence-corrected chi connectivity index (χ0v) is 7.71. The summed E-state index contributed by atoms with van der Waals surface area (Å²) in [6, 6.07) is 5.44. The first kappa shape index (κ1) is 8.44. The molecule has 13 heavy (non-hydrogen) atoms. The summed E-state index contributed by atoms with van der Waals surface area (Å²) >= 11 is 3.70. The third-order valence-corrected chi connectivity index (χ3v) is 1.95. The highest BCUT2D eigenvalue weighted by molar-refractivity contribution is 7.96. The minimum Gasteiger partial charge on any atom is -0.454 e. The molecule has 0 unspecified atom stereocenters. The summed E-state index contributed by atoms with van der Waals surface area (Å²) in [6.07, 6.45) is 0.319. The van der Waals surface area contributed by atoms with Gasteiger partial charge in [-0.1, -0.05) is 6.07 Å². The molecule has 4 heteroatoms. The van der Waals surface area contributed by atoms with E-state index in [-0.39, 0.29) is 11.9 Å². The molecule has 1 aromatic carbocycles. The number of rotatable bonds is 2. The Bertz CT molecular complexity index is 349. The Morgan fingerprint density at radius 1 is 1.38 bits per heavy atom.